The van der Waals surface area contributed by atoms with Gasteiger partial charge in [-0.2, -0.15) is 18.4 Å². The molecule has 2 heterocycles. The van der Waals surface area contributed by atoms with E-state index in [2.05, 4.69) is 16.4 Å². The van der Waals surface area contributed by atoms with Crippen LogP contribution in [0.25, 0.3) is 0 Å². The average molecular weight is 467 g/mol. The molecule has 0 saturated heterocycles. The fourth-order valence-electron chi connectivity index (χ4n) is 4.64. The summed E-state index contributed by atoms with van der Waals surface area (Å²) in [5.74, 6) is -0.899. The van der Waals surface area contributed by atoms with Crippen LogP contribution in [-0.4, -0.2) is 40.1 Å². The van der Waals surface area contributed by atoms with E-state index in [-0.39, 0.29) is 24.9 Å². The van der Waals surface area contributed by atoms with Crippen molar-refractivity contribution in [1.82, 2.24) is 15.2 Å². The molecule has 33 heavy (non-hydrogen) atoms. The van der Waals surface area contributed by atoms with E-state index < -0.39 is 34.8 Å². The van der Waals surface area contributed by atoms with E-state index in [9.17, 15) is 28.0 Å². The molecule has 1 saturated carbocycles. The second-order valence-corrected chi connectivity index (χ2v) is 9.90. The van der Waals surface area contributed by atoms with Crippen molar-refractivity contribution in [1.29, 1.82) is 5.26 Å². The molecule has 2 amide bonds. The van der Waals surface area contributed by atoms with Crippen molar-refractivity contribution in [2.75, 3.05) is 6.54 Å². The lowest BCUT2D eigenvalue weighted by molar-refractivity contribution is -0.145. The van der Waals surface area contributed by atoms with Gasteiger partial charge in [-0.3, -0.25) is 9.78 Å². The van der Waals surface area contributed by atoms with E-state index in [0.29, 0.717) is 37.1 Å². The first kappa shape index (κ1) is 24.8. The smallest absolute Gasteiger partial charge is 0.417 e. The zero-order valence-electron chi connectivity index (χ0n) is 19.3. The predicted octanol–water partition coefficient (Wildman–Crippen LogP) is 4.21. The van der Waals surface area contributed by atoms with Gasteiger partial charge in [0.2, 0.25) is 5.91 Å². The van der Waals surface area contributed by atoms with Crippen molar-refractivity contribution in [3.05, 3.63) is 29.1 Å². The van der Waals surface area contributed by atoms with E-state index in [1.54, 1.807) is 27.7 Å². The third-order valence-electron chi connectivity index (χ3n) is 6.37. The third-order valence-corrected chi connectivity index (χ3v) is 6.37. The largest absolute Gasteiger partial charge is 0.444 e. The number of hydrogen-bond donors (Lipinski definition) is 1. The number of nitrogens with zero attached hydrogens (tertiary/aromatic N) is 3. The lowest BCUT2D eigenvalue weighted by Crippen LogP contribution is -2.49. The number of nitriles is 1. The standard InChI is InChI=1S/C23H29F3N4O3/c1-14(11-27)22(7-5-17(10-22)29-20(32)33-21(2,3)4)19(31)30-8-6-18-15(13-30)9-16(12-28-18)23(24,25)26/h9,12,14,17H,5-8,10,13H2,1-4H3,(H,29,32). The number of nitrogens with one attached hydrogen (secondary N) is 1. The van der Waals surface area contributed by atoms with Crippen LogP contribution >= 0.6 is 0 Å². The summed E-state index contributed by atoms with van der Waals surface area (Å²) in [6, 6.07) is 2.88. The fourth-order valence-corrected chi connectivity index (χ4v) is 4.64. The Bertz CT molecular complexity index is 967. The Kier molecular flexibility index (Phi) is 6.65. The summed E-state index contributed by atoms with van der Waals surface area (Å²) < 4.78 is 44.7. The first-order valence-electron chi connectivity index (χ1n) is 11.0. The predicted molar refractivity (Wildman–Crippen MR) is 113 cm³/mol. The molecule has 180 valence electrons. The second kappa shape index (κ2) is 8.84. The molecule has 1 N–H and O–H groups in total. The van der Waals surface area contributed by atoms with Crippen molar-refractivity contribution in [2.24, 2.45) is 11.3 Å². The minimum absolute atomic E-state index is 0.00907. The molecule has 0 spiro atoms. The van der Waals surface area contributed by atoms with Crippen molar-refractivity contribution < 1.29 is 27.5 Å². The summed E-state index contributed by atoms with van der Waals surface area (Å²) in [5.41, 5.74) is -1.63. The minimum atomic E-state index is -4.52. The van der Waals surface area contributed by atoms with Gasteiger partial charge in [0.15, 0.2) is 0 Å². The molecule has 2 aliphatic rings. The summed E-state index contributed by atoms with van der Waals surface area (Å²) in [5, 5.41) is 12.4. The lowest BCUT2D eigenvalue weighted by atomic mass is 9.73. The van der Waals surface area contributed by atoms with Gasteiger partial charge in [0.25, 0.3) is 0 Å². The van der Waals surface area contributed by atoms with Crippen LogP contribution in [0.5, 0.6) is 0 Å². The van der Waals surface area contributed by atoms with Crippen LogP contribution in [0.2, 0.25) is 0 Å². The highest BCUT2D eigenvalue weighted by Crippen LogP contribution is 2.46. The number of halogens is 3. The number of amides is 2. The molecule has 3 rings (SSSR count). The Morgan fingerprint density at radius 3 is 2.67 bits per heavy atom. The number of carbonyl (C=O) groups is 2. The van der Waals surface area contributed by atoms with Gasteiger partial charge in [-0.1, -0.05) is 0 Å². The molecule has 3 atom stereocenters. The average Bonchev–Trinajstić information content (AvgIpc) is 3.14. The molecule has 3 unspecified atom stereocenters. The van der Waals surface area contributed by atoms with Gasteiger partial charge in [0, 0.05) is 37.4 Å². The van der Waals surface area contributed by atoms with E-state index in [1.165, 1.54) is 4.90 Å². The zero-order chi connectivity index (χ0) is 24.6. The highest BCUT2D eigenvalue weighted by molar-refractivity contribution is 5.84. The summed E-state index contributed by atoms with van der Waals surface area (Å²) in [6.45, 7) is 7.25. The first-order valence-corrected chi connectivity index (χ1v) is 11.0. The molecule has 0 aromatic carbocycles. The van der Waals surface area contributed by atoms with Gasteiger partial charge in [0.05, 0.1) is 23.0 Å². The molecule has 1 aliphatic carbocycles. The van der Waals surface area contributed by atoms with Crippen LogP contribution in [0, 0.1) is 22.7 Å². The summed E-state index contributed by atoms with van der Waals surface area (Å²) in [4.78, 5) is 31.3. The van der Waals surface area contributed by atoms with Crippen molar-refractivity contribution >= 4 is 12.0 Å². The van der Waals surface area contributed by atoms with Gasteiger partial charge in [-0.15, -0.1) is 0 Å². The van der Waals surface area contributed by atoms with E-state index in [1.807, 2.05) is 0 Å². The molecular weight excluding hydrogens is 437 g/mol. The van der Waals surface area contributed by atoms with Crippen molar-refractivity contribution in [2.45, 2.75) is 77.7 Å². The van der Waals surface area contributed by atoms with Crippen LogP contribution in [0.4, 0.5) is 18.0 Å². The number of alkyl halides is 3. The van der Waals surface area contributed by atoms with Crippen molar-refractivity contribution in [3.8, 4) is 6.07 Å². The van der Waals surface area contributed by atoms with Gasteiger partial charge in [-0.25, -0.2) is 4.79 Å². The number of hydrogen-bond acceptors (Lipinski definition) is 5. The van der Waals surface area contributed by atoms with Gasteiger partial charge >= 0.3 is 12.3 Å². The topological polar surface area (TPSA) is 95.3 Å². The quantitative estimate of drug-likeness (QED) is 0.720. The maximum atomic E-state index is 13.7. The summed E-state index contributed by atoms with van der Waals surface area (Å²) in [7, 11) is 0. The third kappa shape index (κ3) is 5.40. The van der Waals surface area contributed by atoms with Crippen LogP contribution in [0.3, 0.4) is 0 Å². The van der Waals surface area contributed by atoms with Gasteiger partial charge in [-0.05, 0) is 58.6 Å². The van der Waals surface area contributed by atoms with E-state index in [0.717, 1.165) is 12.3 Å². The molecule has 0 bridgehead atoms. The number of pyridine rings is 1. The Balaban J connectivity index is 1.79. The fraction of sp³-hybridized carbons (Fsp3) is 0.652. The van der Waals surface area contributed by atoms with E-state index in [4.69, 9.17) is 4.74 Å². The Morgan fingerprint density at radius 1 is 1.36 bits per heavy atom. The summed E-state index contributed by atoms with van der Waals surface area (Å²) in [6.07, 6.45) is -2.78. The lowest BCUT2D eigenvalue weighted by Gasteiger charge is -2.38. The zero-order valence-corrected chi connectivity index (χ0v) is 19.3. The molecule has 10 heteroatoms. The maximum Gasteiger partial charge on any atom is 0.417 e. The number of ether oxygens (including phenoxy) is 1. The molecule has 7 nitrogen and oxygen atoms in total. The number of aromatic nitrogens is 1. The molecule has 1 aromatic rings. The van der Waals surface area contributed by atoms with E-state index >= 15 is 0 Å². The SMILES string of the molecule is CC(C#N)C1(C(=O)N2CCc3ncc(C(F)(F)F)cc3C2)CCC(NC(=O)OC(C)(C)C)C1. The minimum Gasteiger partial charge on any atom is -0.444 e. The van der Waals surface area contributed by atoms with Gasteiger partial charge < -0.3 is 15.0 Å². The normalized spacial score (nSPS) is 23.9. The molecule has 1 aromatic heterocycles. The van der Waals surface area contributed by atoms with Crippen molar-refractivity contribution in [3.63, 3.8) is 0 Å². The Labute approximate surface area is 191 Å². The molecule has 1 fully saturated rings. The maximum absolute atomic E-state index is 13.7. The van der Waals surface area contributed by atoms with Crippen LogP contribution in [0.1, 0.15) is 63.8 Å². The molecule has 1 aliphatic heterocycles. The van der Waals surface area contributed by atoms with Crippen LogP contribution in [0.15, 0.2) is 12.3 Å². The summed E-state index contributed by atoms with van der Waals surface area (Å²) >= 11 is 0. The highest BCUT2D eigenvalue weighted by Gasteiger charge is 2.52. The number of rotatable bonds is 3. The Morgan fingerprint density at radius 2 is 2.06 bits per heavy atom. The second-order valence-electron chi connectivity index (χ2n) is 9.90. The van der Waals surface area contributed by atoms with Gasteiger partial charge in [0.1, 0.15) is 5.60 Å². The highest BCUT2D eigenvalue weighted by atomic mass is 19.4. The Hall–Kier alpha value is -2.83. The first-order chi connectivity index (χ1) is 15.2. The molecule has 0 radical (unpaired) electrons. The van der Waals surface area contributed by atoms with Crippen LogP contribution < -0.4 is 5.32 Å². The number of fused-ring (bicyclic) bond motifs is 1. The number of alkyl carbamates (subject to hydrolysis) is 1. The monoisotopic (exact) mass is 466 g/mol. The van der Waals surface area contributed by atoms with Crippen LogP contribution in [-0.2, 0) is 28.7 Å². The molecular formula is C23H29F3N4O3. The number of carbonyl (C=O) groups excluding carboxylic acids is 2.